The van der Waals surface area contributed by atoms with Crippen molar-refractivity contribution in [3.05, 3.63) is 78.7 Å². The number of aromatic nitrogens is 2. The van der Waals surface area contributed by atoms with Gasteiger partial charge in [0.25, 0.3) is 10.0 Å². The minimum atomic E-state index is -4.89. The Kier molecular flexibility index (Phi) is 6.04. The zero-order valence-corrected chi connectivity index (χ0v) is 18.0. The third kappa shape index (κ3) is 5.46. The number of ether oxygens (including phenoxy) is 1. The van der Waals surface area contributed by atoms with Crippen LogP contribution in [0.1, 0.15) is 0 Å². The van der Waals surface area contributed by atoms with Crippen LogP contribution in [0.5, 0.6) is 5.75 Å². The van der Waals surface area contributed by atoms with Gasteiger partial charge in [0.15, 0.2) is 5.13 Å². The van der Waals surface area contributed by atoms with Crippen molar-refractivity contribution in [3.8, 4) is 27.6 Å². The summed E-state index contributed by atoms with van der Waals surface area (Å²) in [5.41, 5.74) is 1.47. The molecule has 0 amide bonds. The fourth-order valence-corrected chi connectivity index (χ4v) is 5.05. The van der Waals surface area contributed by atoms with Crippen molar-refractivity contribution in [3.63, 3.8) is 0 Å². The first-order valence-electron chi connectivity index (χ1n) is 9.17. The molecule has 4 aromatic rings. The number of alkyl halides is 3. The number of anilines is 1. The molecule has 0 spiro atoms. The third-order valence-electron chi connectivity index (χ3n) is 4.23. The van der Waals surface area contributed by atoms with Crippen molar-refractivity contribution >= 4 is 26.5 Å². The van der Waals surface area contributed by atoms with Gasteiger partial charge in [0.05, 0.1) is 15.5 Å². The number of benzene rings is 2. The zero-order chi connectivity index (χ0) is 23.6. The lowest BCUT2D eigenvalue weighted by molar-refractivity contribution is -0.274. The van der Waals surface area contributed by atoms with Gasteiger partial charge in [-0.25, -0.2) is 17.8 Å². The van der Waals surface area contributed by atoms with Crippen LogP contribution in [-0.2, 0) is 10.0 Å². The topological polar surface area (TPSA) is 81.2 Å². The van der Waals surface area contributed by atoms with Crippen LogP contribution in [0.2, 0.25) is 0 Å². The van der Waals surface area contributed by atoms with E-state index in [1.165, 1.54) is 24.3 Å². The van der Waals surface area contributed by atoms with Gasteiger partial charge in [-0.3, -0.25) is 9.71 Å². The standard InChI is InChI=1S/C21H13F4N3O3S2/c22-14-6-4-13(5-7-14)19-18(17-3-1-2-12-26-17)27-20(32-19)28-33(29,30)16-10-8-15(9-11-16)31-21(23,24)25/h1-12H,(H,27,28). The molecule has 1 N–H and O–H groups in total. The van der Waals surface area contributed by atoms with Crippen LogP contribution in [0.4, 0.5) is 22.7 Å². The van der Waals surface area contributed by atoms with Crippen LogP contribution < -0.4 is 9.46 Å². The molecule has 0 fully saturated rings. The van der Waals surface area contributed by atoms with Gasteiger partial charge in [-0.05, 0) is 54.1 Å². The van der Waals surface area contributed by atoms with E-state index < -0.39 is 28.0 Å². The summed E-state index contributed by atoms with van der Waals surface area (Å²) in [4.78, 5) is 8.87. The molecular weight excluding hydrogens is 482 g/mol. The van der Waals surface area contributed by atoms with Gasteiger partial charge in [-0.15, -0.1) is 13.2 Å². The molecule has 0 bridgehead atoms. The lowest BCUT2D eigenvalue weighted by Gasteiger charge is -2.09. The second-order valence-corrected chi connectivity index (χ2v) is 9.22. The minimum Gasteiger partial charge on any atom is -0.406 e. The van der Waals surface area contributed by atoms with Crippen LogP contribution in [0.3, 0.4) is 0 Å². The van der Waals surface area contributed by atoms with E-state index in [1.807, 2.05) is 0 Å². The van der Waals surface area contributed by atoms with Crippen molar-refractivity contribution in [2.24, 2.45) is 0 Å². The number of sulfonamides is 1. The van der Waals surface area contributed by atoms with Crippen molar-refractivity contribution in [1.82, 2.24) is 9.97 Å². The molecule has 2 aromatic carbocycles. The smallest absolute Gasteiger partial charge is 0.406 e. The first-order chi connectivity index (χ1) is 15.6. The molecule has 170 valence electrons. The van der Waals surface area contributed by atoms with E-state index in [0.29, 0.717) is 21.8 Å². The molecule has 0 radical (unpaired) electrons. The van der Waals surface area contributed by atoms with E-state index in [9.17, 15) is 26.0 Å². The summed E-state index contributed by atoms with van der Waals surface area (Å²) in [5, 5.41) is 0.00518. The van der Waals surface area contributed by atoms with E-state index in [1.54, 1.807) is 24.4 Å². The maximum atomic E-state index is 13.4. The lowest BCUT2D eigenvalue weighted by atomic mass is 10.1. The number of nitrogens with zero attached hydrogens (tertiary/aromatic N) is 2. The summed E-state index contributed by atoms with van der Waals surface area (Å²) >= 11 is 1.01. The highest BCUT2D eigenvalue weighted by molar-refractivity contribution is 7.93. The van der Waals surface area contributed by atoms with Gasteiger partial charge in [-0.2, -0.15) is 0 Å². The summed E-state index contributed by atoms with van der Waals surface area (Å²) in [7, 11) is -4.17. The summed E-state index contributed by atoms with van der Waals surface area (Å²) < 4.78 is 81.9. The van der Waals surface area contributed by atoms with Gasteiger partial charge in [0.1, 0.15) is 17.3 Å². The Morgan fingerprint density at radius 2 is 1.64 bits per heavy atom. The van der Waals surface area contributed by atoms with Gasteiger partial charge < -0.3 is 4.74 Å². The Morgan fingerprint density at radius 1 is 0.939 bits per heavy atom. The fraction of sp³-hybridized carbons (Fsp3) is 0.0476. The van der Waals surface area contributed by atoms with Crippen molar-refractivity contribution in [2.45, 2.75) is 11.3 Å². The number of hydrogen-bond acceptors (Lipinski definition) is 6. The Bertz CT molecular complexity index is 1360. The minimum absolute atomic E-state index is 0.00518. The molecule has 0 saturated heterocycles. The van der Waals surface area contributed by atoms with Crippen LogP contribution in [0.15, 0.2) is 77.8 Å². The Labute approximate surface area is 189 Å². The Hall–Kier alpha value is -3.51. The molecule has 4 rings (SSSR count). The maximum absolute atomic E-state index is 13.4. The molecule has 2 aromatic heterocycles. The lowest BCUT2D eigenvalue weighted by Crippen LogP contribution is -2.17. The van der Waals surface area contributed by atoms with Crippen LogP contribution in [0, 0.1) is 5.82 Å². The number of rotatable bonds is 6. The SMILES string of the molecule is O=S(=O)(Nc1nc(-c2ccccn2)c(-c2ccc(F)cc2)s1)c1ccc(OC(F)(F)F)cc1. The number of hydrogen-bond donors (Lipinski definition) is 1. The summed E-state index contributed by atoms with van der Waals surface area (Å²) in [6, 6.07) is 14.5. The van der Waals surface area contributed by atoms with E-state index in [-0.39, 0.29) is 10.0 Å². The highest BCUT2D eigenvalue weighted by Crippen LogP contribution is 2.39. The number of thiazole rings is 1. The van der Waals surface area contributed by atoms with Crippen LogP contribution >= 0.6 is 11.3 Å². The third-order valence-corrected chi connectivity index (χ3v) is 6.73. The fourth-order valence-electron chi connectivity index (χ4n) is 2.83. The van der Waals surface area contributed by atoms with Crippen molar-refractivity contribution < 1.29 is 30.7 Å². The van der Waals surface area contributed by atoms with Crippen LogP contribution in [-0.4, -0.2) is 24.7 Å². The second-order valence-electron chi connectivity index (χ2n) is 6.54. The molecule has 0 aliphatic rings. The van der Waals surface area contributed by atoms with E-state index in [4.69, 9.17) is 0 Å². The molecule has 6 nitrogen and oxygen atoms in total. The average Bonchev–Trinajstić information content (AvgIpc) is 3.17. The summed E-state index contributed by atoms with van der Waals surface area (Å²) in [5.74, 6) is -0.978. The largest absolute Gasteiger partial charge is 0.573 e. The van der Waals surface area contributed by atoms with Gasteiger partial charge in [0.2, 0.25) is 0 Å². The molecule has 0 atom stereocenters. The zero-order valence-electron chi connectivity index (χ0n) is 16.4. The van der Waals surface area contributed by atoms with E-state index in [2.05, 4.69) is 19.4 Å². The normalized spacial score (nSPS) is 11.9. The van der Waals surface area contributed by atoms with E-state index >= 15 is 0 Å². The Morgan fingerprint density at radius 3 is 2.24 bits per heavy atom. The Balaban J connectivity index is 1.67. The molecule has 0 unspecified atom stereocenters. The molecular formula is C21H13F4N3O3S2. The number of nitrogens with one attached hydrogen (secondary N) is 1. The average molecular weight is 495 g/mol. The predicted octanol–water partition coefficient (Wildman–Crippen LogP) is 5.71. The molecule has 0 aliphatic heterocycles. The monoisotopic (exact) mass is 495 g/mol. The number of pyridine rings is 1. The molecule has 2 heterocycles. The first kappa shape index (κ1) is 22.7. The summed E-state index contributed by atoms with van der Waals surface area (Å²) in [6.45, 7) is 0. The first-order valence-corrected chi connectivity index (χ1v) is 11.5. The quantitative estimate of drug-likeness (QED) is 0.347. The number of halogens is 4. The van der Waals surface area contributed by atoms with Gasteiger partial charge in [-0.1, -0.05) is 29.5 Å². The predicted molar refractivity (Wildman–Crippen MR) is 115 cm³/mol. The van der Waals surface area contributed by atoms with E-state index in [0.717, 1.165) is 35.6 Å². The van der Waals surface area contributed by atoms with Gasteiger partial charge in [0, 0.05) is 6.20 Å². The highest BCUT2D eigenvalue weighted by atomic mass is 32.2. The van der Waals surface area contributed by atoms with Gasteiger partial charge >= 0.3 is 6.36 Å². The molecule has 0 aliphatic carbocycles. The molecule has 12 heteroatoms. The van der Waals surface area contributed by atoms with Crippen molar-refractivity contribution in [1.29, 1.82) is 0 Å². The highest BCUT2D eigenvalue weighted by Gasteiger charge is 2.31. The molecule has 33 heavy (non-hydrogen) atoms. The van der Waals surface area contributed by atoms with Crippen molar-refractivity contribution in [2.75, 3.05) is 4.72 Å². The second kappa shape index (κ2) is 8.79. The van der Waals surface area contributed by atoms with Crippen LogP contribution in [0.25, 0.3) is 21.8 Å². The maximum Gasteiger partial charge on any atom is 0.573 e. The summed E-state index contributed by atoms with van der Waals surface area (Å²) in [6.07, 6.45) is -3.34. The molecule has 0 saturated carbocycles.